The number of hydrogen-bond donors (Lipinski definition) is 0. The predicted octanol–water partition coefficient (Wildman–Crippen LogP) is 1.46. The van der Waals surface area contributed by atoms with Gasteiger partial charge in [-0.05, 0) is 20.3 Å². The van der Waals surface area contributed by atoms with Crippen molar-refractivity contribution in [3.8, 4) is 0 Å². The molecule has 3 rings (SSSR count). The average Bonchev–Trinajstić information content (AvgIpc) is 3.05. The molecule has 0 bridgehead atoms. The highest BCUT2D eigenvalue weighted by molar-refractivity contribution is 5.92. The van der Waals surface area contributed by atoms with E-state index in [-0.39, 0.29) is 5.91 Å². The topological polar surface area (TPSA) is 63.9 Å². The Hall–Kier alpha value is -2.24. The number of aryl methyl sites for hydroxylation is 3. The van der Waals surface area contributed by atoms with Crippen molar-refractivity contribution in [2.24, 2.45) is 7.05 Å². The monoisotopic (exact) mass is 285 g/mol. The van der Waals surface area contributed by atoms with Gasteiger partial charge in [-0.25, -0.2) is 9.97 Å². The van der Waals surface area contributed by atoms with Gasteiger partial charge >= 0.3 is 0 Å². The fourth-order valence-corrected chi connectivity index (χ4v) is 2.83. The quantitative estimate of drug-likeness (QED) is 0.838. The van der Waals surface area contributed by atoms with E-state index in [1.165, 1.54) is 0 Å². The van der Waals surface area contributed by atoms with E-state index >= 15 is 0 Å². The van der Waals surface area contributed by atoms with Crippen LogP contribution in [0.25, 0.3) is 0 Å². The van der Waals surface area contributed by atoms with Crippen molar-refractivity contribution in [2.75, 3.05) is 13.1 Å². The maximum Gasteiger partial charge on any atom is 0.274 e. The van der Waals surface area contributed by atoms with Crippen LogP contribution in [-0.2, 0) is 7.05 Å². The molecule has 3 heterocycles. The molecule has 1 aliphatic rings. The first kappa shape index (κ1) is 13.7. The fraction of sp³-hybridized carbons (Fsp3) is 0.467. The van der Waals surface area contributed by atoms with Crippen LogP contribution in [0.5, 0.6) is 0 Å². The summed E-state index contributed by atoms with van der Waals surface area (Å²) in [6.45, 7) is 5.28. The minimum atomic E-state index is -0.0454. The summed E-state index contributed by atoms with van der Waals surface area (Å²) in [5.74, 6) is 1.31. The van der Waals surface area contributed by atoms with Gasteiger partial charge in [-0.15, -0.1) is 0 Å². The number of carbonyl (C=O) groups is 1. The van der Waals surface area contributed by atoms with Gasteiger partial charge in [0.1, 0.15) is 11.5 Å². The second-order valence-electron chi connectivity index (χ2n) is 5.63. The van der Waals surface area contributed by atoms with Gasteiger partial charge in [-0.1, -0.05) is 0 Å². The standard InChI is InChI=1S/C15H19N5O/c1-10-6-17-13(7-16-10)15(21)20-5-4-12(9-20)14-18-11(2)8-19(14)3/h6-8,12H,4-5,9H2,1-3H3/t12-/m1/s1. The summed E-state index contributed by atoms with van der Waals surface area (Å²) in [6.07, 6.45) is 6.14. The molecule has 1 fully saturated rings. The first-order valence-electron chi connectivity index (χ1n) is 7.12. The Bertz CT molecular complexity index is 661. The molecule has 1 aliphatic heterocycles. The van der Waals surface area contributed by atoms with Crippen LogP contribution in [0, 0.1) is 13.8 Å². The molecule has 0 aromatic carbocycles. The van der Waals surface area contributed by atoms with Gasteiger partial charge in [-0.3, -0.25) is 9.78 Å². The molecule has 0 unspecified atom stereocenters. The average molecular weight is 285 g/mol. The van der Waals surface area contributed by atoms with E-state index in [0.717, 1.165) is 30.2 Å². The number of amides is 1. The molecule has 2 aromatic rings. The predicted molar refractivity (Wildman–Crippen MR) is 78.0 cm³/mol. The van der Waals surface area contributed by atoms with Crippen molar-refractivity contribution in [1.29, 1.82) is 0 Å². The van der Waals surface area contributed by atoms with Crippen LogP contribution in [0.3, 0.4) is 0 Å². The lowest BCUT2D eigenvalue weighted by molar-refractivity contribution is 0.0784. The van der Waals surface area contributed by atoms with Gasteiger partial charge in [-0.2, -0.15) is 0 Å². The lowest BCUT2D eigenvalue weighted by atomic mass is 10.1. The molecular weight excluding hydrogens is 266 g/mol. The largest absolute Gasteiger partial charge is 0.337 e. The van der Waals surface area contributed by atoms with Crippen molar-refractivity contribution in [1.82, 2.24) is 24.4 Å². The summed E-state index contributed by atoms with van der Waals surface area (Å²) < 4.78 is 2.06. The number of likely N-dealkylation sites (tertiary alicyclic amines) is 1. The molecule has 1 saturated heterocycles. The minimum absolute atomic E-state index is 0.0454. The van der Waals surface area contributed by atoms with E-state index in [4.69, 9.17) is 0 Å². The van der Waals surface area contributed by atoms with E-state index in [1.807, 2.05) is 32.0 Å². The summed E-state index contributed by atoms with van der Waals surface area (Å²) in [7, 11) is 2.01. The summed E-state index contributed by atoms with van der Waals surface area (Å²) >= 11 is 0. The van der Waals surface area contributed by atoms with Crippen molar-refractivity contribution >= 4 is 5.91 Å². The van der Waals surface area contributed by atoms with Crippen LogP contribution in [0.4, 0.5) is 0 Å². The van der Waals surface area contributed by atoms with Gasteiger partial charge in [0.25, 0.3) is 5.91 Å². The molecule has 1 atom stereocenters. The Kier molecular flexibility index (Phi) is 3.45. The zero-order chi connectivity index (χ0) is 15.0. The third-order valence-corrected chi connectivity index (χ3v) is 3.87. The smallest absolute Gasteiger partial charge is 0.274 e. The van der Waals surface area contributed by atoms with Crippen molar-refractivity contribution in [3.63, 3.8) is 0 Å². The Morgan fingerprint density at radius 3 is 2.67 bits per heavy atom. The highest BCUT2D eigenvalue weighted by Crippen LogP contribution is 2.27. The highest BCUT2D eigenvalue weighted by Gasteiger charge is 2.30. The summed E-state index contributed by atoms with van der Waals surface area (Å²) in [4.78, 5) is 27.1. The first-order valence-corrected chi connectivity index (χ1v) is 7.12. The number of hydrogen-bond acceptors (Lipinski definition) is 4. The van der Waals surface area contributed by atoms with Gasteiger partial charge in [0, 0.05) is 38.4 Å². The first-order chi connectivity index (χ1) is 10.0. The van der Waals surface area contributed by atoms with E-state index in [0.29, 0.717) is 18.2 Å². The molecule has 2 aromatic heterocycles. The van der Waals surface area contributed by atoms with Crippen LogP contribution < -0.4 is 0 Å². The van der Waals surface area contributed by atoms with Gasteiger partial charge in [0.2, 0.25) is 0 Å². The molecule has 0 radical (unpaired) electrons. The second kappa shape index (κ2) is 5.27. The van der Waals surface area contributed by atoms with E-state index in [2.05, 4.69) is 19.5 Å². The third kappa shape index (κ3) is 2.66. The number of imidazole rings is 1. The van der Waals surface area contributed by atoms with Gasteiger partial charge in [0.05, 0.1) is 17.6 Å². The van der Waals surface area contributed by atoms with E-state index in [9.17, 15) is 4.79 Å². The number of aromatic nitrogens is 4. The Morgan fingerprint density at radius 1 is 1.24 bits per heavy atom. The van der Waals surface area contributed by atoms with Gasteiger partial charge in [0.15, 0.2) is 0 Å². The third-order valence-electron chi connectivity index (χ3n) is 3.87. The normalized spacial score (nSPS) is 18.2. The molecule has 0 aliphatic carbocycles. The summed E-state index contributed by atoms with van der Waals surface area (Å²) in [6, 6.07) is 0. The lowest BCUT2D eigenvalue weighted by Crippen LogP contribution is -2.29. The maximum absolute atomic E-state index is 12.4. The highest BCUT2D eigenvalue weighted by atomic mass is 16.2. The van der Waals surface area contributed by atoms with Crippen molar-refractivity contribution in [2.45, 2.75) is 26.2 Å². The summed E-state index contributed by atoms with van der Waals surface area (Å²) in [5.41, 5.74) is 2.24. The minimum Gasteiger partial charge on any atom is -0.337 e. The van der Waals surface area contributed by atoms with Crippen LogP contribution in [-0.4, -0.2) is 43.4 Å². The molecule has 6 nitrogen and oxygen atoms in total. The number of carbonyl (C=O) groups excluding carboxylic acids is 1. The zero-order valence-electron chi connectivity index (χ0n) is 12.6. The number of nitrogens with zero attached hydrogens (tertiary/aromatic N) is 5. The molecule has 110 valence electrons. The Balaban J connectivity index is 1.73. The van der Waals surface area contributed by atoms with Gasteiger partial charge < -0.3 is 9.47 Å². The van der Waals surface area contributed by atoms with Crippen LogP contribution >= 0.6 is 0 Å². The molecule has 1 amide bonds. The molecular formula is C15H19N5O. The SMILES string of the molecule is Cc1cnc(C(=O)N2CC[C@@H](c3nc(C)cn3C)C2)cn1. The molecule has 0 spiro atoms. The lowest BCUT2D eigenvalue weighted by Gasteiger charge is -2.15. The molecule has 0 saturated carbocycles. The van der Waals surface area contributed by atoms with Crippen molar-refractivity contribution < 1.29 is 4.79 Å². The molecule has 0 N–H and O–H groups in total. The fourth-order valence-electron chi connectivity index (χ4n) is 2.83. The molecule has 6 heteroatoms. The summed E-state index contributed by atoms with van der Waals surface area (Å²) in [5, 5.41) is 0. The molecule has 21 heavy (non-hydrogen) atoms. The maximum atomic E-state index is 12.4. The van der Waals surface area contributed by atoms with Crippen LogP contribution in [0.2, 0.25) is 0 Å². The second-order valence-corrected chi connectivity index (χ2v) is 5.63. The number of rotatable bonds is 2. The Morgan fingerprint density at radius 2 is 2.05 bits per heavy atom. The van der Waals surface area contributed by atoms with Crippen LogP contribution in [0.1, 0.15) is 40.0 Å². The van der Waals surface area contributed by atoms with Crippen LogP contribution in [0.15, 0.2) is 18.6 Å². The van der Waals surface area contributed by atoms with E-state index < -0.39 is 0 Å². The van der Waals surface area contributed by atoms with E-state index in [1.54, 1.807) is 12.4 Å². The zero-order valence-corrected chi connectivity index (χ0v) is 12.6. The Labute approximate surface area is 123 Å². The van der Waals surface area contributed by atoms with Crippen molar-refractivity contribution in [3.05, 3.63) is 41.5 Å².